The molecule has 10 aromatic rings. The third-order valence-electron chi connectivity index (χ3n) is 15.5. The van der Waals surface area contributed by atoms with Crippen LogP contribution in [0.25, 0.3) is 28.5 Å². The average Bonchev–Trinajstić information content (AvgIpc) is 1.47. The first-order valence-corrected chi connectivity index (χ1v) is 32.9. The predicted octanol–water partition coefficient (Wildman–Crippen LogP) is 1.39. The summed E-state index contributed by atoms with van der Waals surface area (Å²) in [5, 5.41) is 39.1. The summed E-state index contributed by atoms with van der Waals surface area (Å²) in [6, 6.07) is 41.0. The number of hydrogen-bond acceptors (Lipinski definition) is 19. The van der Waals surface area contributed by atoms with Crippen LogP contribution in [-0.4, -0.2) is 133 Å². The molecule has 0 saturated heterocycles. The second kappa shape index (κ2) is 38.3. The summed E-state index contributed by atoms with van der Waals surface area (Å²) in [5.74, 6) is 1.13. The molecular weight excluding hydrogens is 1530 g/mol. The van der Waals surface area contributed by atoms with Crippen molar-refractivity contribution in [3.8, 4) is 51.4 Å². The molecule has 25 nitrogen and oxygen atoms in total. The Hall–Kier alpha value is -6.10. The Kier molecular flexibility index (Phi) is 31.5. The van der Waals surface area contributed by atoms with Crippen LogP contribution in [0, 0.1) is 27.2 Å². The number of tetrazole rings is 1. The smallest absolute Gasteiger partial charge is 1.00 e. The van der Waals surface area contributed by atoms with E-state index in [0.717, 1.165) is 88.1 Å². The summed E-state index contributed by atoms with van der Waals surface area (Å²) in [4.78, 5) is 40.5. The molecule has 12 rings (SSSR count). The summed E-state index contributed by atoms with van der Waals surface area (Å²) in [6.45, 7) is 7.96. The van der Waals surface area contributed by atoms with Gasteiger partial charge in [-0.2, -0.15) is 13.5 Å². The molecule has 2 aliphatic rings. The quantitative estimate of drug-likeness (QED) is 0.0207. The van der Waals surface area contributed by atoms with Crippen LogP contribution < -0.4 is 156 Å². The Morgan fingerprint density at radius 2 is 1.09 bits per heavy atom. The Balaban J connectivity index is 0.000000232. The van der Waals surface area contributed by atoms with Gasteiger partial charge >= 0.3 is 103 Å². The van der Waals surface area contributed by atoms with Gasteiger partial charge in [0.25, 0.3) is 21.4 Å². The van der Waals surface area contributed by atoms with Crippen LogP contribution in [0.2, 0.25) is 0 Å². The molecule has 96 heavy (non-hydrogen) atoms. The number of ether oxygens (including phenoxy) is 4. The third-order valence-corrected chi connectivity index (χ3v) is 16.8. The maximum atomic E-state index is 12.2. The van der Waals surface area contributed by atoms with Crippen LogP contribution in [0.1, 0.15) is 44.5 Å². The molecule has 490 valence electrons. The number of imidazole rings is 2. The number of hydrogen-bond donors (Lipinski definition) is 2. The van der Waals surface area contributed by atoms with E-state index < -0.39 is 19.9 Å². The molecular formula is C66H70I2K2N15O10S+. The fraction of sp³-hybridized carbons (Fsp3) is 0.242. The van der Waals surface area contributed by atoms with E-state index in [1.54, 1.807) is 18.3 Å². The molecule has 0 atom stereocenters. The number of fused-ring (bicyclic) bond motifs is 2. The van der Waals surface area contributed by atoms with Crippen molar-refractivity contribution in [2.24, 2.45) is 5.10 Å². The van der Waals surface area contributed by atoms with Gasteiger partial charge in [-0.05, 0) is 143 Å². The number of methoxy groups -OCH3 is 4. The maximum absolute atomic E-state index is 12.2. The van der Waals surface area contributed by atoms with E-state index >= 15 is 0 Å². The van der Waals surface area contributed by atoms with Gasteiger partial charge in [-0.1, -0.05) is 76.7 Å². The van der Waals surface area contributed by atoms with Crippen molar-refractivity contribution in [3.05, 3.63) is 236 Å². The zero-order valence-corrected chi connectivity index (χ0v) is 65.8. The topological polar surface area (TPSA) is 293 Å². The molecule has 7 aromatic carbocycles. The second-order valence-electron chi connectivity index (χ2n) is 21.4. The van der Waals surface area contributed by atoms with Crippen LogP contribution >= 0.6 is 22.6 Å². The summed E-state index contributed by atoms with van der Waals surface area (Å²) in [6.07, 6.45) is 16.4. The molecule has 0 unspecified atom stereocenters. The van der Waals surface area contributed by atoms with Gasteiger partial charge in [0.1, 0.15) is 5.56 Å². The van der Waals surface area contributed by atoms with Gasteiger partial charge in [0.2, 0.25) is 5.82 Å². The normalized spacial score (nSPS) is 12.4. The van der Waals surface area contributed by atoms with Crippen molar-refractivity contribution in [2.45, 2.75) is 50.6 Å². The molecule has 3 aromatic heterocycles. The van der Waals surface area contributed by atoms with Crippen LogP contribution in [0.15, 0.2) is 181 Å². The van der Waals surface area contributed by atoms with Crippen LogP contribution in [0.5, 0.6) is 23.0 Å². The van der Waals surface area contributed by atoms with Crippen molar-refractivity contribution in [3.63, 3.8) is 0 Å². The molecule has 30 heteroatoms. The summed E-state index contributed by atoms with van der Waals surface area (Å²) in [7, 11) is 1.73. The van der Waals surface area contributed by atoms with Gasteiger partial charge in [0.15, 0.2) is 23.0 Å². The number of nitrogens with one attached hydrogen (secondary N) is 1. The first-order valence-electron chi connectivity index (χ1n) is 29.3. The minimum absolute atomic E-state index is 0. The number of alkyl halides is 1. The Morgan fingerprint density at radius 3 is 1.57 bits per heavy atom. The third kappa shape index (κ3) is 21.0. The molecule has 0 aliphatic carbocycles. The number of aryl methyl sites for hydroxylation is 1. The predicted molar refractivity (Wildman–Crippen MR) is 363 cm³/mol. The molecule has 0 fully saturated rings. The fourth-order valence-corrected chi connectivity index (χ4v) is 11.3. The number of sulfonamides is 1. The number of nitrogen functional groups attached to an aromatic ring is 1. The first kappa shape index (κ1) is 78.9. The van der Waals surface area contributed by atoms with Gasteiger partial charge in [0.05, 0.1) is 85.4 Å². The van der Waals surface area contributed by atoms with Gasteiger partial charge in [-0.25, -0.2) is 14.8 Å². The average molecular weight is 1600 g/mol. The van der Waals surface area contributed by atoms with E-state index in [-0.39, 0.29) is 177 Å². The zero-order valence-electron chi connectivity index (χ0n) is 54.5. The number of halogens is 2. The van der Waals surface area contributed by atoms with E-state index in [2.05, 4.69) is 116 Å². The molecule has 0 spiro atoms. The van der Waals surface area contributed by atoms with Crippen molar-refractivity contribution in [2.75, 3.05) is 65.3 Å². The Morgan fingerprint density at radius 1 is 0.625 bits per heavy atom. The largest absolute Gasteiger partial charge is 1.00 e. The van der Waals surface area contributed by atoms with Gasteiger partial charge in [0, 0.05) is 87.2 Å². The number of nitro benzene ring substituents is 2. The van der Waals surface area contributed by atoms with E-state index in [4.69, 9.17) is 24.7 Å². The van der Waals surface area contributed by atoms with E-state index in [1.807, 2.05) is 88.9 Å². The first-order chi connectivity index (χ1) is 45.1. The Labute approximate surface area is 672 Å². The molecule has 0 bridgehead atoms. The number of anilines is 1. The van der Waals surface area contributed by atoms with E-state index in [1.165, 1.54) is 109 Å². The number of aromatic nitrogens is 8. The van der Waals surface area contributed by atoms with Crippen LogP contribution in [0.3, 0.4) is 0 Å². The number of hydrazone groups is 1. The maximum Gasteiger partial charge on any atom is 1.00 e. The molecule has 5 heterocycles. The molecule has 0 saturated carbocycles. The molecule has 3 N–H and O–H groups in total. The molecule has 0 amide bonds. The Bertz CT molecular complexity index is 4310. The number of rotatable bonds is 20. The van der Waals surface area contributed by atoms with Crippen molar-refractivity contribution < 1.29 is 164 Å². The summed E-state index contributed by atoms with van der Waals surface area (Å²) in [5.41, 5.74) is 18.5. The van der Waals surface area contributed by atoms with Gasteiger partial charge in [-0.15, -0.1) is 15.0 Å². The van der Waals surface area contributed by atoms with E-state index in [0.29, 0.717) is 11.4 Å². The number of benzene rings is 7. The standard InChI is InChI=1S/C29H28N8O4.C20H22N4.C16H17N3O6S.CH3I.HI.2K/c1-40-27-16-25(26(37(38)39)17-28(27)41-2)29-31-33-36(32-29)23-6-3-20(4-7-23)9-12-34-13-10-21-5-8-24(15-22(21)18-34)35-14-11-30-19-35;21-19-4-1-16(2-5-19)7-10-23-11-8-17-3-6-20(13-18(17)14-23)24-12-9-22-15-24;1-11-4-6-13(7-5-11)26(22,23)18-17-10-12-8-15(24-2)16(25-3)9-14(12)19(20)21;1-2;;;/h3-8,11,14-17,19H,9-10,12-13,18H2,1-2H3;1-6,9,12-13,15H,7-8,10-11,14,21H2;4-10,18H,1-3H3;1H3;1H;;/q;;;;;2*+1/p-1/b;;17-10+;;;;. The molecule has 2 aliphatic heterocycles. The number of nitrogens with zero attached hydrogens (tertiary/aromatic N) is 13. The second-order valence-corrected chi connectivity index (χ2v) is 23.0. The van der Waals surface area contributed by atoms with Crippen molar-refractivity contribution >= 4 is 55.9 Å². The van der Waals surface area contributed by atoms with Crippen molar-refractivity contribution in [1.29, 1.82) is 0 Å². The fourth-order valence-electron chi connectivity index (χ4n) is 10.5. The number of nitrogens with two attached hydrogens (primary N) is 1. The van der Waals surface area contributed by atoms with Gasteiger partial charge < -0.3 is 57.8 Å². The van der Waals surface area contributed by atoms with Crippen molar-refractivity contribution in [1.82, 2.24) is 53.9 Å². The number of nitro groups is 2. The zero-order chi connectivity index (χ0) is 66.0. The summed E-state index contributed by atoms with van der Waals surface area (Å²) < 4.78 is 49.1. The van der Waals surface area contributed by atoms with Crippen LogP contribution in [0.4, 0.5) is 17.1 Å². The molecule has 0 radical (unpaired) electrons. The monoisotopic (exact) mass is 1600 g/mol. The SMILES string of the molecule is CI.COc1cc(-c2nnn(-c3ccc(CCN4CCc5ccc(-n6ccnc6)cc5C4)cc3)n2)c([N+](=O)[O-])cc1OC.COc1cc(/C=N/NS(=O)(=O)c2ccc(C)cc2)c([N+](=O)[O-])cc1OC.Nc1ccc(CCN2CCc3ccc(-n4ccnc4)cc3C2)cc1.[I-].[K+].[K+]. The van der Waals surface area contributed by atoms with Crippen LogP contribution in [-0.2, 0) is 48.8 Å². The minimum Gasteiger partial charge on any atom is -1.00 e. The summed E-state index contributed by atoms with van der Waals surface area (Å²) >= 11 is 2.15. The van der Waals surface area contributed by atoms with E-state index in [9.17, 15) is 28.6 Å². The minimum atomic E-state index is -3.88. The van der Waals surface area contributed by atoms with Gasteiger partial charge in [-0.3, -0.25) is 30.0 Å².